The lowest BCUT2D eigenvalue weighted by molar-refractivity contribution is -0.0762. The highest BCUT2D eigenvalue weighted by atomic mass is 35.5. The lowest BCUT2D eigenvalue weighted by atomic mass is 9.66. The molecule has 4 unspecified atom stereocenters. The van der Waals surface area contributed by atoms with Crippen LogP contribution < -0.4 is 18.1 Å². The lowest BCUT2D eigenvalue weighted by Crippen LogP contribution is -3.00. The molecule has 0 radical (unpaired) electrons. The molecule has 82 valence electrons. The molecular formula is C11H19ClNO-. The Morgan fingerprint density at radius 2 is 2.14 bits per heavy atom. The summed E-state index contributed by atoms with van der Waals surface area (Å²) in [4.78, 5) is 0. The van der Waals surface area contributed by atoms with Crippen molar-refractivity contribution in [2.75, 3.05) is 13.2 Å². The molecule has 2 saturated carbocycles. The Morgan fingerprint density at radius 3 is 2.57 bits per heavy atom. The molecule has 1 saturated heterocycles. The van der Waals surface area contributed by atoms with Crippen LogP contribution in [0.2, 0.25) is 0 Å². The Bertz CT molecular complexity index is 272. The first-order valence-corrected chi connectivity index (χ1v) is 5.42. The molecule has 3 heteroatoms. The molecule has 0 spiro atoms. The largest absolute Gasteiger partial charge is 1.00 e. The van der Waals surface area contributed by atoms with Crippen LogP contribution in [0.1, 0.15) is 33.1 Å². The average molecular weight is 217 g/mol. The summed E-state index contributed by atoms with van der Waals surface area (Å²) in [5.74, 6) is 0.884. The summed E-state index contributed by atoms with van der Waals surface area (Å²) in [5, 5.41) is 0. The standard InChI is InChI=1S/C11H19NO.ClH/c1-9-7-13-11(6-12)5-8(9)3-4-10(9,11)2;/h8H,3-7,12H2,1-2H3;1H/p-1. The lowest BCUT2D eigenvalue weighted by Gasteiger charge is -2.40. The normalized spacial score (nSPS) is 58.9. The van der Waals surface area contributed by atoms with Crippen molar-refractivity contribution in [2.24, 2.45) is 22.5 Å². The van der Waals surface area contributed by atoms with E-state index in [9.17, 15) is 0 Å². The van der Waals surface area contributed by atoms with Crippen LogP contribution in [0.25, 0.3) is 0 Å². The maximum absolute atomic E-state index is 6.00. The fourth-order valence-corrected chi connectivity index (χ4v) is 4.37. The van der Waals surface area contributed by atoms with Gasteiger partial charge in [-0.25, -0.2) is 0 Å². The molecular weight excluding hydrogens is 198 g/mol. The topological polar surface area (TPSA) is 35.2 Å². The van der Waals surface area contributed by atoms with Crippen molar-refractivity contribution in [3.05, 3.63) is 0 Å². The third kappa shape index (κ3) is 0.751. The highest BCUT2D eigenvalue weighted by molar-refractivity contribution is 5.24. The maximum atomic E-state index is 6.00. The number of ether oxygens (including phenoxy) is 1. The SMILES string of the molecule is CC12COC3(CN)CC1CCC32C.[Cl-]. The van der Waals surface area contributed by atoms with Crippen LogP contribution in [0.3, 0.4) is 0 Å². The van der Waals surface area contributed by atoms with Crippen LogP contribution in [0.15, 0.2) is 0 Å². The Hall–Kier alpha value is 0.210. The number of hydrogen-bond donors (Lipinski definition) is 1. The summed E-state index contributed by atoms with van der Waals surface area (Å²) in [6, 6.07) is 0. The molecule has 0 aromatic rings. The third-order valence-electron chi connectivity index (χ3n) is 5.71. The van der Waals surface area contributed by atoms with Crippen LogP contribution in [0.5, 0.6) is 0 Å². The van der Waals surface area contributed by atoms with Crippen LogP contribution in [-0.4, -0.2) is 18.8 Å². The number of rotatable bonds is 1. The van der Waals surface area contributed by atoms with Crippen LogP contribution >= 0.6 is 0 Å². The number of halogens is 1. The van der Waals surface area contributed by atoms with E-state index in [1.54, 1.807) is 0 Å². The van der Waals surface area contributed by atoms with Crippen molar-refractivity contribution in [1.82, 2.24) is 0 Å². The molecule has 3 fully saturated rings. The molecule has 2 aliphatic carbocycles. The Kier molecular flexibility index (Phi) is 2.04. The molecule has 0 amide bonds. The summed E-state index contributed by atoms with van der Waals surface area (Å²) in [5.41, 5.74) is 6.77. The minimum atomic E-state index is 0. The van der Waals surface area contributed by atoms with Crippen LogP contribution in [0.4, 0.5) is 0 Å². The van der Waals surface area contributed by atoms with Gasteiger partial charge in [0.1, 0.15) is 0 Å². The molecule has 1 heterocycles. The van der Waals surface area contributed by atoms with Gasteiger partial charge in [-0.05, 0) is 25.2 Å². The van der Waals surface area contributed by atoms with Crippen molar-refractivity contribution < 1.29 is 17.1 Å². The van der Waals surface area contributed by atoms with Gasteiger partial charge in [0, 0.05) is 17.4 Å². The van der Waals surface area contributed by atoms with Crippen molar-refractivity contribution in [3.63, 3.8) is 0 Å². The molecule has 2 nitrogen and oxygen atoms in total. The maximum Gasteiger partial charge on any atom is 0.0866 e. The van der Waals surface area contributed by atoms with E-state index in [0.29, 0.717) is 10.8 Å². The first kappa shape index (κ1) is 10.7. The van der Waals surface area contributed by atoms with E-state index in [0.717, 1.165) is 19.1 Å². The first-order chi connectivity index (χ1) is 6.08. The minimum Gasteiger partial charge on any atom is -1.00 e. The molecule has 2 N–H and O–H groups in total. The van der Waals surface area contributed by atoms with Gasteiger partial charge in [-0.1, -0.05) is 13.8 Å². The Morgan fingerprint density at radius 1 is 1.43 bits per heavy atom. The van der Waals surface area contributed by atoms with Gasteiger partial charge < -0.3 is 22.9 Å². The van der Waals surface area contributed by atoms with Gasteiger partial charge >= 0.3 is 0 Å². The monoisotopic (exact) mass is 216 g/mol. The van der Waals surface area contributed by atoms with E-state index in [2.05, 4.69) is 13.8 Å². The number of nitrogens with two attached hydrogens (primary N) is 1. The van der Waals surface area contributed by atoms with Crippen molar-refractivity contribution in [1.29, 1.82) is 0 Å². The molecule has 4 atom stereocenters. The van der Waals surface area contributed by atoms with E-state index in [1.165, 1.54) is 19.3 Å². The van der Waals surface area contributed by atoms with Gasteiger partial charge in [-0.15, -0.1) is 0 Å². The smallest absolute Gasteiger partial charge is 0.0866 e. The quantitative estimate of drug-likeness (QED) is 0.582. The highest BCUT2D eigenvalue weighted by Crippen LogP contribution is 2.74. The van der Waals surface area contributed by atoms with Gasteiger partial charge in [0.15, 0.2) is 0 Å². The second-order valence-electron chi connectivity index (χ2n) is 5.68. The van der Waals surface area contributed by atoms with E-state index in [-0.39, 0.29) is 18.0 Å². The number of hydrogen-bond acceptors (Lipinski definition) is 2. The summed E-state index contributed by atoms with van der Waals surface area (Å²) in [7, 11) is 0. The van der Waals surface area contributed by atoms with Crippen molar-refractivity contribution >= 4 is 0 Å². The van der Waals surface area contributed by atoms with E-state index in [4.69, 9.17) is 10.5 Å². The summed E-state index contributed by atoms with van der Waals surface area (Å²) < 4.78 is 6.00. The molecule has 14 heavy (non-hydrogen) atoms. The van der Waals surface area contributed by atoms with Gasteiger partial charge in [0.25, 0.3) is 0 Å². The van der Waals surface area contributed by atoms with Gasteiger partial charge in [0.05, 0.1) is 12.2 Å². The van der Waals surface area contributed by atoms with Crippen molar-refractivity contribution in [3.8, 4) is 0 Å². The molecule has 1 aliphatic heterocycles. The zero-order valence-electron chi connectivity index (χ0n) is 8.98. The Labute approximate surface area is 92.0 Å². The summed E-state index contributed by atoms with van der Waals surface area (Å²) in [6.45, 7) is 6.48. The first-order valence-electron chi connectivity index (χ1n) is 5.42. The predicted octanol–water partition coefficient (Wildman–Crippen LogP) is -1.46. The molecule has 4 bridgehead atoms. The zero-order chi connectivity index (χ0) is 9.32. The van der Waals surface area contributed by atoms with E-state index < -0.39 is 0 Å². The Balaban J connectivity index is 0.000000750. The van der Waals surface area contributed by atoms with E-state index >= 15 is 0 Å². The average Bonchev–Trinajstić information content (AvgIpc) is 2.58. The van der Waals surface area contributed by atoms with Crippen LogP contribution in [-0.2, 0) is 4.74 Å². The molecule has 0 aromatic carbocycles. The summed E-state index contributed by atoms with van der Waals surface area (Å²) in [6.07, 6.45) is 3.94. The molecule has 0 aromatic heterocycles. The second-order valence-corrected chi connectivity index (χ2v) is 5.68. The fourth-order valence-electron chi connectivity index (χ4n) is 4.37. The van der Waals surface area contributed by atoms with E-state index in [1.807, 2.05) is 0 Å². The minimum absolute atomic E-state index is 0. The van der Waals surface area contributed by atoms with Gasteiger partial charge in [-0.3, -0.25) is 0 Å². The second kappa shape index (κ2) is 2.66. The zero-order valence-corrected chi connectivity index (χ0v) is 9.73. The van der Waals surface area contributed by atoms with Crippen molar-refractivity contribution in [2.45, 2.75) is 38.7 Å². The van der Waals surface area contributed by atoms with Gasteiger partial charge in [-0.2, -0.15) is 0 Å². The molecule has 3 aliphatic rings. The molecule has 3 rings (SSSR count). The highest BCUT2D eigenvalue weighted by Gasteiger charge is 2.75. The fraction of sp³-hybridized carbons (Fsp3) is 1.00. The van der Waals surface area contributed by atoms with Crippen LogP contribution in [0, 0.1) is 16.7 Å². The third-order valence-corrected chi connectivity index (χ3v) is 5.71. The summed E-state index contributed by atoms with van der Waals surface area (Å²) >= 11 is 0. The predicted molar refractivity (Wildman–Crippen MR) is 51.3 cm³/mol. The van der Waals surface area contributed by atoms with Gasteiger partial charge in [0.2, 0.25) is 0 Å².